The zero-order valence-electron chi connectivity index (χ0n) is 16.7. The van der Waals surface area contributed by atoms with Crippen LogP contribution in [0.3, 0.4) is 0 Å². The highest BCUT2D eigenvalue weighted by Crippen LogP contribution is 2.20. The molecule has 3 aromatic rings. The highest BCUT2D eigenvalue weighted by atomic mass is 16.2. The fraction of sp³-hybridized carbons (Fsp3) is 0.261. The van der Waals surface area contributed by atoms with Gasteiger partial charge in [0.1, 0.15) is 5.56 Å². The number of carbonyl (C=O) groups is 1. The standard InChI is InChI=1S/C23H25N3O2/c1-5-20-22(23(28)25-19-10-6-8-15(2)17(19)4)21(27)12-16(3)26(20)14-18-9-7-11-24-13-18/h6-13H,5,14H2,1-4H3,(H,25,28). The minimum Gasteiger partial charge on any atom is -0.343 e. The lowest BCUT2D eigenvalue weighted by molar-refractivity contribution is 0.102. The van der Waals surface area contributed by atoms with Crippen LogP contribution in [-0.4, -0.2) is 15.5 Å². The van der Waals surface area contributed by atoms with Gasteiger partial charge in [0.15, 0.2) is 5.43 Å². The van der Waals surface area contributed by atoms with E-state index in [1.165, 1.54) is 6.07 Å². The Labute approximate surface area is 165 Å². The summed E-state index contributed by atoms with van der Waals surface area (Å²) in [4.78, 5) is 29.9. The molecule has 1 amide bonds. The smallest absolute Gasteiger partial charge is 0.261 e. The van der Waals surface area contributed by atoms with Gasteiger partial charge in [-0.1, -0.05) is 25.1 Å². The van der Waals surface area contributed by atoms with Gasteiger partial charge in [-0.3, -0.25) is 14.6 Å². The molecule has 0 aliphatic rings. The van der Waals surface area contributed by atoms with Crippen LogP contribution in [0.2, 0.25) is 0 Å². The quantitative estimate of drug-likeness (QED) is 0.732. The van der Waals surface area contributed by atoms with E-state index in [2.05, 4.69) is 10.3 Å². The van der Waals surface area contributed by atoms with Crippen LogP contribution in [0.5, 0.6) is 0 Å². The van der Waals surface area contributed by atoms with E-state index >= 15 is 0 Å². The summed E-state index contributed by atoms with van der Waals surface area (Å²) in [6, 6.07) is 11.2. The second-order valence-electron chi connectivity index (χ2n) is 6.97. The van der Waals surface area contributed by atoms with Crippen molar-refractivity contribution in [1.82, 2.24) is 9.55 Å². The number of rotatable bonds is 5. The van der Waals surface area contributed by atoms with Crippen molar-refractivity contribution in [3.63, 3.8) is 0 Å². The Morgan fingerprint density at radius 2 is 1.93 bits per heavy atom. The predicted octanol–water partition coefficient (Wildman–Crippen LogP) is 4.03. The van der Waals surface area contributed by atoms with Crippen molar-refractivity contribution in [2.24, 2.45) is 0 Å². The molecule has 2 heterocycles. The van der Waals surface area contributed by atoms with Gasteiger partial charge in [-0.25, -0.2) is 0 Å². The van der Waals surface area contributed by atoms with E-state index in [1.807, 2.05) is 62.6 Å². The third kappa shape index (κ3) is 3.88. The minimum absolute atomic E-state index is 0.206. The van der Waals surface area contributed by atoms with Gasteiger partial charge in [0, 0.05) is 42.1 Å². The van der Waals surface area contributed by atoms with Crippen molar-refractivity contribution in [3.8, 4) is 0 Å². The van der Waals surface area contributed by atoms with Crippen molar-refractivity contribution in [1.29, 1.82) is 0 Å². The molecule has 1 N–H and O–H groups in total. The third-order valence-electron chi connectivity index (χ3n) is 5.10. The topological polar surface area (TPSA) is 64.0 Å². The van der Waals surface area contributed by atoms with E-state index in [4.69, 9.17) is 0 Å². The summed E-state index contributed by atoms with van der Waals surface area (Å²) < 4.78 is 2.02. The van der Waals surface area contributed by atoms with E-state index in [-0.39, 0.29) is 16.9 Å². The number of benzene rings is 1. The first-order valence-electron chi connectivity index (χ1n) is 9.42. The number of carbonyl (C=O) groups excluding carboxylic acids is 1. The van der Waals surface area contributed by atoms with Gasteiger partial charge < -0.3 is 9.88 Å². The number of hydrogen-bond acceptors (Lipinski definition) is 3. The van der Waals surface area contributed by atoms with Crippen molar-refractivity contribution < 1.29 is 4.79 Å². The minimum atomic E-state index is -0.365. The molecular weight excluding hydrogens is 350 g/mol. The average Bonchev–Trinajstić information content (AvgIpc) is 2.68. The molecule has 0 unspecified atom stereocenters. The van der Waals surface area contributed by atoms with E-state index in [0.717, 1.165) is 33.8 Å². The van der Waals surface area contributed by atoms with Crippen molar-refractivity contribution in [2.45, 2.75) is 40.7 Å². The Hall–Kier alpha value is -3.21. The SMILES string of the molecule is CCc1c(C(=O)Nc2cccc(C)c2C)c(=O)cc(C)n1Cc1cccnc1. The highest BCUT2D eigenvalue weighted by molar-refractivity contribution is 6.05. The number of pyridine rings is 2. The number of nitrogens with one attached hydrogen (secondary N) is 1. The summed E-state index contributed by atoms with van der Waals surface area (Å²) in [5.74, 6) is -0.365. The van der Waals surface area contributed by atoms with E-state index in [0.29, 0.717) is 13.0 Å². The Morgan fingerprint density at radius 3 is 2.61 bits per heavy atom. The van der Waals surface area contributed by atoms with Crippen LogP contribution in [0, 0.1) is 20.8 Å². The van der Waals surface area contributed by atoms with Crippen molar-refractivity contribution in [2.75, 3.05) is 5.32 Å². The Bertz CT molecular complexity index is 1070. The molecule has 3 rings (SSSR count). The molecule has 0 fully saturated rings. The molecule has 0 bridgehead atoms. The molecule has 2 aromatic heterocycles. The van der Waals surface area contributed by atoms with Crippen LogP contribution in [0.1, 0.15) is 45.4 Å². The summed E-state index contributed by atoms with van der Waals surface area (Å²) >= 11 is 0. The van der Waals surface area contributed by atoms with E-state index in [1.54, 1.807) is 12.4 Å². The number of nitrogens with zero attached hydrogens (tertiary/aromatic N) is 2. The van der Waals surface area contributed by atoms with Crippen LogP contribution in [0.4, 0.5) is 5.69 Å². The number of aromatic nitrogens is 2. The molecule has 0 aliphatic heterocycles. The predicted molar refractivity (Wildman–Crippen MR) is 112 cm³/mol. The summed E-state index contributed by atoms with van der Waals surface area (Å²) in [7, 11) is 0. The summed E-state index contributed by atoms with van der Waals surface area (Å²) in [6.45, 7) is 8.37. The molecule has 0 radical (unpaired) electrons. The molecule has 0 atom stereocenters. The number of aryl methyl sites for hydroxylation is 2. The number of anilines is 1. The molecule has 0 saturated carbocycles. The lowest BCUT2D eigenvalue weighted by atomic mass is 10.1. The molecule has 5 nitrogen and oxygen atoms in total. The molecule has 0 aliphatic carbocycles. The fourth-order valence-electron chi connectivity index (χ4n) is 3.41. The zero-order chi connectivity index (χ0) is 20.3. The summed E-state index contributed by atoms with van der Waals surface area (Å²) in [6.07, 6.45) is 4.10. The Morgan fingerprint density at radius 1 is 1.14 bits per heavy atom. The molecular formula is C23H25N3O2. The first-order chi connectivity index (χ1) is 13.4. The molecule has 0 saturated heterocycles. The second kappa shape index (κ2) is 8.21. The van der Waals surface area contributed by atoms with E-state index in [9.17, 15) is 9.59 Å². The van der Waals surface area contributed by atoms with Crippen LogP contribution in [-0.2, 0) is 13.0 Å². The van der Waals surface area contributed by atoms with Crippen molar-refractivity contribution in [3.05, 3.63) is 92.7 Å². The average molecular weight is 375 g/mol. The Kier molecular flexibility index (Phi) is 5.73. The lowest BCUT2D eigenvalue weighted by Crippen LogP contribution is -2.28. The van der Waals surface area contributed by atoms with Crippen LogP contribution in [0.15, 0.2) is 53.6 Å². The molecule has 1 aromatic carbocycles. The van der Waals surface area contributed by atoms with Gasteiger partial charge in [0.05, 0.1) is 0 Å². The molecule has 28 heavy (non-hydrogen) atoms. The number of amides is 1. The maximum Gasteiger partial charge on any atom is 0.261 e. The first-order valence-corrected chi connectivity index (χ1v) is 9.42. The number of hydrogen-bond donors (Lipinski definition) is 1. The molecule has 0 spiro atoms. The normalized spacial score (nSPS) is 10.7. The molecule has 144 valence electrons. The van der Waals surface area contributed by atoms with Gasteiger partial charge in [-0.15, -0.1) is 0 Å². The van der Waals surface area contributed by atoms with Crippen LogP contribution < -0.4 is 10.7 Å². The summed E-state index contributed by atoms with van der Waals surface area (Å²) in [5.41, 5.74) is 5.35. The van der Waals surface area contributed by atoms with Gasteiger partial charge in [0.2, 0.25) is 0 Å². The zero-order valence-corrected chi connectivity index (χ0v) is 16.7. The Balaban J connectivity index is 2.05. The maximum atomic E-state index is 13.1. The monoisotopic (exact) mass is 375 g/mol. The van der Waals surface area contributed by atoms with Gasteiger partial charge in [0.25, 0.3) is 5.91 Å². The van der Waals surface area contributed by atoms with Gasteiger partial charge in [-0.2, -0.15) is 0 Å². The van der Waals surface area contributed by atoms with Gasteiger partial charge >= 0.3 is 0 Å². The first kappa shape index (κ1) is 19.5. The van der Waals surface area contributed by atoms with Crippen LogP contribution >= 0.6 is 0 Å². The van der Waals surface area contributed by atoms with Gasteiger partial charge in [-0.05, 0) is 56.0 Å². The van der Waals surface area contributed by atoms with Crippen LogP contribution in [0.25, 0.3) is 0 Å². The lowest BCUT2D eigenvalue weighted by Gasteiger charge is -2.19. The largest absolute Gasteiger partial charge is 0.343 e. The summed E-state index contributed by atoms with van der Waals surface area (Å²) in [5, 5.41) is 2.93. The highest BCUT2D eigenvalue weighted by Gasteiger charge is 2.20. The fourth-order valence-corrected chi connectivity index (χ4v) is 3.41. The third-order valence-corrected chi connectivity index (χ3v) is 5.10. The van der Waals surface area contributed by atoms with E-state index < -0.39 is 0 Å². The van der Waals surface area contributed by atoms with Crippen molar-refractivity contribution >= 4 is 11.6 Å². The maximum absolute atomic E-state index is 13.1. The second-order valence-corrected chi connectivity index (χ2v) is 6.97. The molecule has 5 heteroatoms.